The van der Waals surface area contributed by atoms with E-state index in [2.05, 4.69) is 16.9 Å². The fraction of sp³-hybridized carbons (Fsp3) is 0.176. The number of halogens is 1. The quantitative estimate of drug-likeness (QED) is 0.389. The van der Waals surface area contributed by atoms with Crippen molar-refractivity contribution in [1.82, 2.24) is 15.0 Å². The van der Waals surface area contributed by atoms with Crippen molar-refractivity contribution < 1.29 is 19.1 Å². The second kappa shape index (κ2) is 8.76. The minimum atomic E-state index is -0.605. The fourth-order valence-electron chi connectivity index (χ4n) is 2.08. The second-order valence-corrected chi connectivity index (χ2v) is 5.03. The van der Waals surface area contributed by atoms with E-state index >= 15 is 0 Å². The predicted molar refractivity (Wildman–Crippen MR) is 92.4 cm³/mol. The molecule has 0 aliphatic carbocycles. The van der Waals surface area contributed by atoms with Crippen molar-refractivity contribution in [3.63, 3.8) is 0 Å². The summed E-state index contributed by atoms with van der Waals surface area (Å²) in [6, 6.07) is 6.37. The monoisotopic (exact) mass is 346 g/mol. The van der Waals surface area contributed by atoms with Gasteiger partial charge in [-0.05, 0) is 30.3 Å². The molecule has 2 aromatic rings. The van der Waals surface area contributed by atoms with Gasteiger partial charge in [-0.25, -0.2) is 14.9 Å². The van der Waals surface area contributed by atoms with Crippen LogP contribution in [0.25, 0.3) is 5.83 Å². The number of amides is 1. The first kappa shape index (κ1) is 18.4. The van der Waals surface area contributed by atoms with Crippen molar-refractivity contribution in [3.05, 3.63) is 60.5 Å². The molecule has 0 fully saturated rings. The summed E-state index contributed by atoms with van der Waals surface area (Å²) in [6.07, 6.45) is 4.15. The van der Waals surface area contributed by atoms with E-state index in [-0.39, 0.29) is 5.69 Å². The Balaban J connectivity index is 2.25. The van der Waals surface area contributed by atoms with Crippen molar-refractivity contribution in [3.8, 4) is 0 Å². The summed E-state index contributed by atoms with van der Waals surface area (Å²) in [5.41, 5.74) is 2.69. The van der Waals surface area contributed by atoms with Crippen LogP contribution in [-0.4, -0.2) is 34.4 Å². The topological polar surface area (TPSA) is 88.4 Å². The Kier molecular flexibility index (Phi) is 6.44. The smallest absolute Gasteiger partial charge is 0.274 e. The third-order valence-electron chi connectivity index (χ3n) is 3.33. The lowest BCUT2D eigenvalue weighted by Gasteiger charge is -2.09. The Morgan fingerprint density at radius 2 is 2.16 bits per heavy atom. The number of hydrogen-bond donors (Lipinski definition) is 3. The maximum atomic E-state index is 14.0. The summed E-state index contributed by atoms with van der Waals surface area (Å²) in [4.78, 5) is 15.6. The lowest BCUT2D eigenvalue weighted by Crippen LogP contribution is -2.18. The third-order valence-corrected chi connectivity index (χ3v) is 3.33. The highest BCUT2D eigenvalue weighted by molar-refractivity contribution is 5.93. The van der Waals surface area contributed by atoms with Crippen LogP contribution >= 0.6 is 0 Å². The molecule has 0 unspecified atom stereocenters. The van der Waals surface area contributed by atoms with Gasteiger partial charge in [-0.2, -0.15) is 0 Å². The van der Waals surface area contributed by atoms with Gasteiger partial charge in [0.1, 0.15) is 11.5 Å². The standard InChI is InChI=1S/C17H19FN4O3/c1-3-4-14(18)15-11-22(9-10-25-2)17(20-15)19-13-7-5-12(6-8-13)16(23)21-24/h3-8,11,24H,1,9-10H2,2H3,(H,19,20)(H,21,23)/b14-4+. The number of aromatic nitrogens is 2. The van der Waals surface area contributed by atoms with E-state index < -0.39 is 11.7 Å². The molecule has 3 N–H and O–H groups in total. The summed E-state index contributed by atoms with van der Waals surface area (Å²) < 4.78 is 20.7. The van der Waals surface area contributed by atoms with E-state index in [1.54, 1.807) is 35.5 Å². The van der Waals surface area contributed by atoms with Crippen LogP contribution in [0.1, 0.15) is 16.1 Å². The average molecular weight is 346 g/mol. The summed E-state index contributed by atoms with van der Waals surface area (Å²) in [5.74, 6) is -0.671. The zero-order chi connectivity index (χ0) is 18.2. The number of imidazole rings is 1. The third kappa shape index (κ3) is 4.75. The molecule has 0 radical (unpaired) electrons. The van der Waals surface area contributed by atoms with E-state index in [9.17, 15) is 9.18 Å². The first-order chi connectivity index (χ1) is 12.1. The van der Waals surface area contributed by atoms with E-state index in [1.807, 2.05) is 0 Å². The van der Waals surface area contributed by atoms with Crippen molar-refractivity contribution in [2.24, 2.45) is 0 Å². The average Bonchev–Trinajstić information content (AvgIpc) is 3.03. The highest BCUT2D eigenvalue weighted by Crippen LogP contribution is 2.22. The Bertz CT molecular complexity index is 769. The van der Waals surface area contributed by atoms with Crippen LogP contribution < -0.4 is 10.8 Å². The Hall–Kier alpha value is -2.97. The van der Waals surface area contributed by atoms with Gasteiger partial charge in [0.15, 0.2) is 0 Å². The lowest BCUT2D eigenvalue weighted by atomic mass is 10.2. The van der Waals surface area contributed by atoms with Gasteiger partial charge in [0.05, 0.1) is 6.61 Å². The molecule has 0 aliphatic heterocycles. The molecule has 2 rings (SSSR count). The molecule has 7 nitrogen and oxygen atoms in total. The summed E-state index contributed by atoms with van der Waals surface area (Å²) in [5, 5.41) is 11.7. The fourth-order valence-corrected chi connectivity index (χ4v) is 2.08. The summed E-state index contributed by atoms with van der Waals surface area (Å²) >= 11 is 0. The van der Waals surface area contributed by atoms with Crippen LogP contribution in [0.3, 0.4) is 0 Å². The molecular formula is C17H19FN4O3. The number of benzene rings is 1. The number of ether oxygens (including phenoxy) is 1. The van der Waals surface area contributed by atoms with Gasteiger partial charge in [-0.3, -0.25) is 10.0 Å². The van der Waals surface area contributed by atoms with Crippen molar-refractivity contribution in [1.29, 1.82) is 0 Å². The highest BCUT2D eigenvalue weighted by Gasteiger charge is 2.12. The number of allylic oxidation sites excluding steroid dienone is 2. The maximum Gasteiger partial charge on any atom is 0.274 e. The number of hydroxylamine groups is 1. The number of carbonyl (C=O) groups excluding carboxylic acids is 1. The largest absolute Gasteiger partial charge is 0.383 e. The normalized spacial score (nSPS) is 11.2. The number of hydrogen-bond acceptors (Lipinski definition) is 5. The van der Waals surface area contributed by atoms with E-state index in [0.29, 0.717) is 30.4 Å². The first-order valence-electron chi connectivity index (χ1n) is 7.45. The molecule has 0 bridgehead atoms. The van der Waals surface area contributed by atoms with Gasteiger partial charge in [0.25, 0.3) is 5.91 Å². The summed E-state index contributed by atoms with van der Waals surface area (Å²) in [7, 11) is 1.58. The van der Waals surface area contributed by atoms with Crippen LogP contribution in [0, 0.1) is 0 Å². The van der Waals surface area contributed by atoms with E-state index in [1.165, 1.54) is 24.3 Å². The molecule has 0 spiro atoms. The molecule has 1 heterocycles. The van der Waals surface area contributed by atoms with Crippen LogP contribution in [0.2, 0.25) is 0 Å². The van der Waals surface area contributed by atoms with Crippen molar-refractivity contribution in [2.75, 3.05) is 19.0 Å². The number of carbonyl (C=O) groups is 1. The minimum Gasteiger partial charge on any atom is -0.383 e. The Morgan fingerprint density at radius 1 is 1.44 bits per heavy atom. The molecular weight excluding hydrogens is 327 g/mol. The number of nitrogens with zero attached hydrogens (tertiary/aromatic N) is 2. The molecule has 8 heteroatoms. The summed E-state index contributed by atoms with van der Waals surface area (Å²) in [6.45, 7) is 4.39. The van der Waals surface area contributed by atoms with Gasteiger partial charge < -0.3 is 14.6 Å². The van der Waals surface area contributed by atoms with Crippen LogP contribution in [0.5, 0.6) is 0 Å². The van der Waals surface area contributed by atoms with Gasteiger partial charge in [-0.1, -0.05) is 12.7 Å². The number of rotatable bonds is 8. The van der Waals surface area contributed by atoms with Crippen LogP contribution in [0.15, 0.2) is 49.2 Å². The molecule has 0 saturated heterocycles. The number of methoxy groups -OCH3 is 1. The Labute approximate surface area is 144 Å². The van der Waals surface area contributed by atoms with E-state index in [0.717, 1.165) is 0 Å². The second-order valence-electron chi connectivity index (χ2n) is 5.03. The molecule has 132 valence electrons. The maximum absolute atomic E-state index is 14.0. The van der Waals surface area contributed by atoms with E-state index in [4.69, 9.17) is 9.94 Å². The zero-order valence-corrected chi connectivity index (χ0v) is 13.7. The molecule has 1 amide bonds. The first-order valence-corrected chi connectivity index (χ1v) is 7.45. The van der Waals surface area contributed by atoms with Crippen LogP contribution in [-0.2, 0) is 11.3 Å². The predicted octanol–water partition coefficient (Wildman–Crippen LogP) is 2.89. The SMILES string of the molecule is C=C/C=C(/F)c1cn(CCOC)c(Nc2ccc(C(=O)NO)cc2)n1. The molecule has 25 heavy (non-hydrogen) atoms. The number of anilines is 2. The molecule has 0 saturated carbocycles. The number of nitrogens with one attached hydrogen (secondary N) is 2. The Morgan fingerprint density at radius 3 is 2.76 bits per heavy atom. The van der Waals surface area contributed by atoms with Crippen molar-refractivity contribution in [2.45, 2.75) is 6.54 Å². The van der Waals surface area contributed by atoms with Gasteiger partial charge in [-0.15, -0.1) is 0 Å². The van der Waals surface area contributed by atoms with Crippen molar-refractivity contribution >= 4 is 23.4 Å². The van der Waals surface area contributed by atoms with Gasteiger partial charge in [0.2, 0.25) is 5.95 Å². The lowest BCUT2D eigenvalue weighted by molar-refractivity contribution is 0.0706. The van der Waals surface area contributed by atoms with Gasteiger partial charge >= 0.3 is 0 Å². The molecule has 1 aromatic carbocycles. The molecule has 1 aromatic heterocycles. The molecule has 0 aliphatic rings. The highest BCUT2D eigenvalue weighted by atomic mass is 19.1. The van der Waals surface area contributed by atoms with Gasteiger partial charge in [0, 0.05) is 31.1 Å². The zero-order valence-electron chi connectivity index (χ0n) is 13.7. The molecule has 0 atom stereocenters. The van der Waals surface area contributed by atoms with Crippen LogP contribution in [0.4, 0.5) is 16.0 Å². The minimum absolute atomic E-state index is 0.176.